The number of benzene rings is 9. The van der Waals surface area contributed by atoms with E-state index < -0.39 is 5.41 Å². The van der Waals surface area contributed by atoms with Gasteiger partial charge in [0, 0.05) is 49.8 Å². The van der Waals surface area contributed by atoms with E-state index in [9.17, 15) is 0 Å². The van der Waals surface area contributed by atoms with Crippen molar-refractivity contribution < 1.29 is 0 Å². The number of hydrogen-bond acceptors (Lipinski definition) is 3. The Hall–Kier alpha value is -7.10. The molecule has 0 bridgehead atoms. The molecule has 9 aromatic carbocycles. The highest BCUT2D eigenvalue weighted by Crippen LogP contribution is 2.67. The van der Waals surface area contributed by atoms with Gasteiger partial charge < -0.3 is 14.7 Å². The highest BCUT2D eigenvalue weighted by Gasteiger charge is 2.52. The molecule has 0 saturated carbocycles. The van der Waals surface area contributed by atoms with Gasteiger partial charge in [0.1, 0.15) is 0 Å². The summed E-state index contributed by atoms with van der Waals surface area (Å²) in [6.07, 6.45) is 0. The van der Waals surface area contributed by atoms with E-state index in [-0.39, 0.29) is 10.8 Å². The van der Waals surface area contributed by atoms with Crippen LogP contribution < -0.4 is 14.7 Å². The van der Waals surface area contributed by atoms with E-state index in [1.807, 2.05) is 0 Å². The van der Waals surface area contributed by atoms with Crippen LogP contribution in [-0.4, -0.2) is 0 Å². The largest absolute Gasteiger partial charge is 0.310 e. The molecule has 3 aliphatic rings. The number of rotatable bonds is 6. The van der Waals surface area contributed by atoms with Crippen LogP contribution in [0.2, 0.25) is 0 Å². The average Bonchev–Trinajstić information content (AvgIpc) is 3.28. The number of aryl methyl sites for hydroxylation is 4. The van der Waals surface area contributed by atoms with Crippen LogP contribution in [0.25, 0.3) is 21.5 Å². The molecule has 0 fully saturated rings. The van der Waals surface area contributed by atoms with Crippen LogP contribution in [0, 0.1) is 27.7 Å². The van der Waals surface area contributed by atoms with Crippen molar-refractivity contribution in [1.82, 2.24) is 0 Å². The second-order valence-electron chi connectivity index (χ2n) is 21.1. The van der Waals surface area contributed by atoms with Crippen LogP contribution in [0.1, 0.15) is 97.2 Å². The van der Waals surface area contributed by atoms with Gasteiger partial charge in [-0.05, 0) is 155 Å². The van der Waals surface area contributed by atoms with Crippen molar-refractivity contribution in [2.24, 2.45) is 0 Å². The fourth-order valence-corrected chi connectivity index (χ4v) is 12.3. The summed E-state index contributed by atoms with van der Waals surface area (Å²) in [5.74, 6) is 0. The Balaban J connectivity index is 1.19. The molecule has 0 saturated heterocycles. The van der Waals surface area contributed by atoms with Gasteiger partial charge in [-0.25, -0.2) is 0 Å². The summed E-state index contributed by atoms with van der Waals surface area (Å²) < 4.78 is 0. The molecule has 0 atom stereocenters. The van der Waals surface area contributed by atoms with E-state index in [2.05, 4.69) is 248 Å². The van der Waals surface area contributed by atoms with Crippen molar-refractivity contribution in [2.45, 2.75) is 85.5 Å². The average molecular weight is 856 g/mol. The van der Waals surface area contributed by atoms with E-state index >= 15 is 0 Å². The molecule has 3 aliphatic heterocycles. The third kappa shape index (κ3) is 5.68. The molecule has 0 N–H and O–H groups in total. The van der Waals surface area contributed by atoms with Gasteiger partial charge in [-0.3, -0.25) is 0 Å². The molecule has 324 valence electrons. The van der Waals surface area contributed by atoms with Crippen molar-refractivity contribution >= 4 is 72.7 Å². The van der Waals surface area contributed by atoms with Gasteiger partial charge in [0.2, 0.25) is 0 Å². The molecule has 0 amide bonds. The monoisotopic (exact) mass is 855 g/mol. The van der Waals surface area contributed by atoms with Crippen LogP contribution in [0.5, 0.6) is 0 Å². The fraction of sp³-hybridized carbons (Fsp3) is 0.206. The predicted octanol–water partition coefficient (Wildman–Crippen LogP) is 17.6. The van der Waals surface area contributed by atoms with Gasteiger partial charge in [0.25, 0.3) is 0 Å². The molecule has 3 heteroatoms. The molecule has 66 heavy (non-hydrogen) atoms. The highest BCUT2D eigenvalue weighted by atomic mass is 15.2. The zero-order valence-electron chi connectivity index (χ0n) is 39.9. The first kappa shape index (κ1) is 40.4. The Morgan fingerprint density at radius 3 is 1.02 bits per heavy atom. The van der Waals surface area contributed by atoms with Crippen LogP contribution in [0.3, 0.4) is 0 Å². The van der Waals surface area contributed by atoms with Gasteiger partial charge in [-0.1, -0.05) is 145 Å². The molecular formula is C63H57N3. The molecule has 3 nitrogen and oxygen atoms in total. The number of anilines is 9. The molecule has 0 aromatic heterocycles. The summed E-state index contributed by atoms with van der Waals surface area (Å²) in [6, 6.07) is 62.4. The van der Waals surface area contributed by atoms with E-state index in [1.165, 1.54) is 128 Å². The summed E-state index contributed by atoms with van der Waals surface area (Å²) in [5, 5.41) is 4.93. The quantitative estimate of drug-likeness (QED) is 0.165. The van der Waals surface area contributed by atoms with Gasteiger partial charge >= 0.3 is 0 Å². The lowest BCUT2D eigenvalue weighted by Gasteiger charge is -2.55. The number of para-hydroxylation sites is 1. The van der Waals surface area contributed by atoms with E-state index in [0.29, 0.717) is 0 Å². The first-order valence-electron chi connectivity index (χ1n) is 23.7. The minimum absolute atomic E-state index is 0.288. The Kier molecular flexibility index (Phi) is 8.54. The smallest absolute Gasteiger partial charge is 0.0545 e. The second kappa shape index (κ2) is 14.0. The normalized spacial score (nSPS) is 15.5. The first-order chi connectivity index (χ1) is 31.6. The van der Waals surface area contributed by atoms with Gasteiger partial charge in [-0.15, -0.1) is 0 Å². The minimum atomic E-state index is -0.396. The Bertz CT molecular complexity index is 3250. The maximum atomic E-state index is 2.70. The zero-order chi connectivity index (χ0) is 45.6. The van der Waals surface area contributed by atoms with Crippen LogP contribution >= 0.6 is 0 Å². The summed E-state index contributed by atoms with van der Waals surface area (Å²) >= 11 is 0. The van der Waals surface area contributed by atoms with E-state index in [0.717, 1.165) is 0 Å². The predicted molar refractivity (Wildman–Crippen MR) is 281 cm³/mol. The summed E-state index contributed by atoms with van der Waals surface area (Å²) in [5.41, 5.74) is 23.3. The summed E-state index contributed by atoms with van der Waals surface area (Å²) in [6.45, 7) is 23.7. The molecule has 12 rings (SSSR count). The van der Waals surface area contributed by atoms with Gasteiger partial charge in [0.05, 0.1) is 28.4 Å². The standard InChI is InChI=1S/C63H57N3/c1-38-28-39(2)31-44(30-38)64(56-26-15-20-42-18-11-13-22-48(42)56)46-34-52-59-54(36-46)63(9,10)55-37-47(35-53-60(55)66(59)58-50(61(52,5)6)24-17-25-51(58)62(53,7)8)65(45-32-40(3)29-41(4)33-45)57-27-16-21-43-19-12-14-23-49(43)57/h11-37H,1-10H3. The lowest BCUT2D eigenvalue weighted by Crippen LogP contribution is -2.44. The van der Waals surface area contributed by atoms with E-state index in [1.54, 1.807) is 0 Å². The molecule has 0 radical (unpaired) electrons. The number of hydrogen-bond donors (Lipinski definition) is 0. The third-order valence-corrected chi connectivity index (χ3v) is 15.4. The lowest BCUT2D eigenvalue weighted by molar-refractivity contribution is 0.567. The van der Waals surface area contributed by atoms with Crippen molar-refractivity contribution in [1.29, 1.82) is 0 Å². The second-order valence-corrected chi connectivity index (χ2v) is 21.1. The third-order valence-electron chi connectivity index (χ3n) is 15.4. The van der Waals surface area contributed by atoms with Crippen LogP contribution in [0.4, 0.5) is 51.2 Å². The Labute approximate surface area is 390 Å². The molecular weight excluding hydrogens is 799 g/mol. The van der Waals surface area contributed by atoms with Crippen LogP contribution in [-0.2, 0) is 16.2 Å². The number of fused-ring (bicyclic) bond motifs is 2. The topological polar surface area (TPSA) is 9.72 Å². The van der Waals surface area contributed by atoms with Crippen molar-refractivity contribution in [2.75, 3.05) is 14.7 Å². The van der Waals surface area contributed by atoms with Crippen molar-refractivity contribution in [3.8, 4) is 0 Å². The molecule has 0 spiro atoms. The molecule has 9 aromatic rings. The van der Waals surface area contributed by atoms with Crippen molar-refractivity contribution in [3.63, 3.8) is 0 Å². The molecule has 3 heterocycles. The number of nitrogens with zero attached hydrogens (tertiary/aromatic N) is 3. The maximum Gasteiger partial charge on any atom is 0.0545 e. The maximum absolute atomic E-state index is 2.70. The molecule has 0 aliphatic carbocycles. The van der Waals surface area contributed by atoms with Gasteiger partial charge in [0.15, 0.2) is 0 Å². The van der Waals surface area contributed by atoms with Crippen molar-refractivity contribution in [3.05, 3.63) is 219 Å². The lowest BCUT2D eigenvalue weighted by atomic mass is 9.60. The fourth-order valence-electron chi connectivity index (χ4n) is 12.3. The Morgan fingerprint density at radius 2 is 0.621 bits per heavy atom. The summed E-state index contributed by atoms with van der Waals surface area (Å²) in [7, 11) is 0. The first-order valence-corrected chi connectivity index (χ1v) is 23.7. The van der Waals surface area contributed by atoms with E-state index in [4.69, 9.17) is 0 Å². The SMILES string of the molecule is Cc1cc(C)cc(N(c2cc3c4c(c2)C(C)(C)c2cc(N(c5cc(C)cc(C)c5)c5cccc6ccccc56)cc5c2N4c2c(cccc2C5(C)C)C3(C)C)c2cccc3ccccc23)c1. The van der Waals surface area contributed by atoms with Crippen LogP contribution in [0.15, 0.2) is 164 Å². The minimum Gasteiger partial charge on any atom is -0.310 e. The Morgan fingerprint density at radius 1 is 0.318 bits per heavy atom. The highest BCUT2D eigenvalue weighted by molar-refractivity contribution is 6.04. The molecule has 0 unspecified atom stereocenters. The van der Waals surface area contributed by atoms with Gasteiger partial charge in [-0.2, -0.15) is 0 Å². The zero-order valence-corrected chi connectivity index (χ0v) is 39.9. The summed E-state index contributed by atoms with van der Waals surface area (Å²) in [4.78, 5) is 7.78.